The molecular weight excluding hydrogens is 274 g/mol. The van der Waals surface area contributed by atoms with Gasteiger partial charge in [-0.05, 0) is 24.9 Å². The maximum atomic E-state index is 11.9. The number of ether oxygens (including phenoxy) is 1. The van der Waals surface area contributed by atoms with Crippen LogP contribution in [0.25, 0.3) is 10.7 Å². The van der Waals surface area contributed by atoms with Crippen molar-refractivity contribution in [2.75, 3.05) is 13.2 Å². The molecule has 20 heavy (non-hydrogen) atoms. The molecule has 0 radical (unpaired) electrons. The van der Waals surface area contributed by atoms with Crippen LogP contribution in [0.2, 0.25) is 0 Å². The predicted octanol–water partition coefficient (Wildman–Crippen LogP) is 2.15. The average Bonchev–Trinajstić information content (AvgIpc) is 3.08. The van der Waals surface area contributed by atoms with Gasteiger partial charge in [0, 0.05) is 12.4 Å². The lowest BCUT2D eigenvalue weighted by Gasteiger charge is -2.17. The number of carbonyl (C=O) groups excluding carboxylic acids is 1. The second-order valence-corrected chi connectivity index (χ2v) is 5.19. The molecule has 108 valence electrons. The molecule has 0 spiro atoms. The highest BCUT2D eigenvalue weighted by atomic mass is 32.1. The summed E-state index contributed by atoms with van der Waals surface area (Å²) in [7, 11) is 0. The Balaban J connectivity index is 2.15. The predicted molar refractivity (Wildman–Crippen MR) is 79.6 cm³/mol. The van der Waals surface area contributed by atoms with E-state index in [4.69, 9.17) is 4.74 Å². The van der Waals surface area contributed by atoms with E-state index in [1.54, 1.807) is 17.5 Å². The van der Waals surface area contributed by atoms with Crippen LogP contribution in [-0.4, -0.2) is 34.7 Å². The number of carbonyl (C=O) groups is 1. The van der Waals surface area contributed by atoms with Crippen LogP contribution >= 0.6 is 11.3 Å². The van der Waals surface area contributed by atoms with Crippen molar-refractivity contribution < 1.29 is 9.53 Å². The highest BCUT2D eigenvalue weighted by Crippen LogP contribution is 2.23. The molecule has 0 fully saturated rings. The van der Waals surface area contributed by atoms with E-state index in [9.17, 15) is 4.79 Å². The molecule has 0 aromatic carbocycles. The molecule has 0 saturated heterocycles. The topological polar surface area (TPSA) is 56.2 Å². The lowest BCUT2D eigenvalue weighted by molar-refractivity contribution is -0.146. The molecule has 0 aliphatic carbocycles. The molecule has 2 aromatic heterocycles. The summed E-state index contributed by atoms with van der Waals surface area (Å²) in [4.78, 5) is 17.4. The molecule has 6 heteroatoms. The Kier molecular flexibility index (Phi) is 5.31. The fourth-order valence-corrected chi connectivity index (χ4v) is 2.73. The molecular formula is C14H19N3O2S. The van der Waals surface area contributed by atoms with Crippen molar-refractivity contribution >= 4 is 17.3 Å². The number of esters is 1. The van der Waals surface area contributed by atoms with Gasteiger partial charge in [0.25, 0.3) is 0 Å². The molecule has 0 aliphatic heterocycles. The minimum absolute atomic E-state index is 0.222. The van der Waals surface area contributed by atoms with Gasteiger partial charge in [-0.25, -0.2) is 4.98 Å². The fourth-order valence-electron chi connectivity index (χ4n) is 2.00. The Morgan fingerprint density at radius 3 is 3.05 bits per heavy atom. The first-order valence-corrected chi connectivity index (χ1v) is 7.59. The highest BCUT2D eigenvalue weighted by molar-refractivity contribution is 7.13. The highest BCUT2D eigenvalue weighted by Gasteiger charge is 2.20. The summed E-state index contributed by atoms with van der Waals surface area (Å²) < 4.78 is 7.09. The van der Waals surface area contributed by atoms with Gasteiger partial charge in [0.05, 0.1) is 18.0 Å². The van der Waals surface area contributed by atoms with Gasteiger partial charge in [-0.3, -0.25) is 4.79 Å². The smallest absolute Gasteiger partial charge is 0.324 e. The number of imidazole rings is 1. The third kappa shape index (κ3) is 3.46. The number of aromatic nitrogens is 2. The molecule has 0 bridgehead atoms. The minimum atomic E-state index is -0.354. The number of nitrogens with zero attached hydrogens (tertiary/aromatic N) is 2. The molecule has 2 aromatic rings. The van der Waals surface area contributed by atoms with E-state index in [-0.39, 0.29) is 12.0 Å². The molecule has 0 aliphatic rings. The second-order valence-electron chi connectivity index (χ2n) is 4.24. The normalized spacial score (nSPS) is 12.3. The molecule has 0 amide bonds. The van der Waals surface area contributed by atoms with Crippen LogP contribution in [0.4, 0.5) is 0 Å². The molecule has 1 unspecified atom stereocenters. The fraction of sp³-hybridized carbons (Fsp3) is 0.429. The minimum Gasteiger partial charge on any atom is -0.465 e. The van der Waals surface area contributed by atoms with Crippen molar-refractivity contribution in [3.8, 4) is 10.7 Å². The zero-order valence-electron chi connectivity index (χ0n) is 11.7. The van der Waals surface area contributed by atoms with Crippen LogP contribution in [0.1, 0.15) is 13.8 Å². The van der Waals surface area contributed by atoms with Crippen LogP contribution in [0.15, 0.2) is 29.9 Å². The number of nitrogens with one attached hydrogen (secondary N) is 1. The van der Waals surface area contributed by atoms with Crippen molar-refractivity contribution in [3.05, 3.63) is 29.9 Å². The third-order valence-electron chi connectivity index (χ3n) is 2.86. The SMILES string of the molecule is CCNC(Cn1ccnc1-c1cccs1)C(=O)OCC. The Labute approximate surface area is 122 Å². The summed E-state index contributed by atoms with van der Waals surface area (Å²) in [5, 5.41) is 5.17. The van der Waals surface area contributed by atoms with E-state index >= 15 is 0 Å². The standard InChI is InChI=1S/C14H19N3O2S/c1-3-15-11(14(18)19-4-2)10-17-8-7-16-13(17)12-6-5-9-20-12/h5-9,11,15H,3-4,10H2,1-2H3. The quantitative estimate of drug-likeness (QED) is 0.795. The van der Waals surface area contributed by atoms with E-state index in [1.165, 1.54) is 0 Å². The zero-order valence-corrected chi connectivity index (χ0v) is 12.5. The summed E-state index contributed by atoms with van der Waals surface area (Å²) in [5.74, 6) is 0.660. The van der Waals surface area contributed by atoms with E-state index in [2.05, 4.69) is 10.3 Å². The van der Waals surface area contributed by atoms with Crippen LogP contribution in [-0.2, 0) is 16.1 Å². The molecule has 0 saturated carbocycles. The largest absolute Gasteiger partial charge is 0.465 e. The molecule has 2 heterocycles. The zero-order chi connectivity index (χ0) is 14.4. The molecule has 5 nitrogen and oxygen atoms in total. The first-order valence-electron chi connectivity index (χ1n) is 6.71. The van der Waals surface area contributed by atoms with E-state index < -0.39 is 0 Å². The van der Waals surface area contributed by atoms with Gasteiger partial charge < -0.3 is 14.6 Å². The lowest BCUT2D eigenvalue weighted by atomic mass is 10.3. The summed E-state index contributed by atoms with van der Waals surface area (Å²) in [6, 6.07) is 3.66. The monoisotopic (exact) mass is 293 g/mol. The molecule has 1 atom stereocenters. The van der Waals surface area contributed by atoms with E-state index in [1.807, 2.05) is 42.1 Å². The van der Waals surface area contributed by atoms with Crippen molar-refractivity contribution in [3.63, 3.8) is 0 Å². The summed E-state index contributed by atoms with van der Waals surface area (Å²) in [6.07, 6.45) is 3.64. The van der Waals surface area contributed by atoms with E-state index in [0.717, 1.165) is 10.7 Å². The summed E-state index contributed by atoms with van der Waals surface area (Å²) >= 11 is 1.63. The molecule has 2 rings (SSSR count). The van der Waals surface area contributed by atoms with Gasteiger partial charge in [-0.1, -0.05) is 13.0 Å². The number of thiophene rings is 1. The third-order valence-corrected chi connectivity index (χ3v) is 3.72. The van der Waals surface area contributed by atoms with Crippen LogP contribution < -0.4 is 5.32 Å². The van der Waals surface area contributed by atoms with Crippen LogP contribution in [0.5, 0.6) is 0 Å². The Morgan fingerprint density at radius 2 is 2.40 bits per heavy atom. The Hall–Kier alpha value is -1.66. The van der Waals surface area contributed by atoms with Crippen LogP contribution in [0, 0.1) is 0 Å². The van der Waals surface area contributed by atoms with Crippen molar-refractivity contribution in [2.24, 2.45) is 0 Å². The second kappa shape index (κ2) is 7.21. The van der Waals surface area contributed by atoms with Gasteiger partial charge in [-0.2, -0.15) is 0 Å². The van der Waals surface area contributed by atoms with Gasteiger partial charge in [-0.15, -0.1) is 11.3 Å². The molecule has 1 N–H and O–H groups in total. The van der Waals surface area contributed by atoms with E-state index in [0.29, 0.717) is 19.7 Å². The maximum Gasteiger partial charge on any atom is 0.324 e. The number of hydrogen-bond donors (Lipinski definition) is 1. The van der Waals surface area contributed by atoms with Gasteiger partial charge in [0.2, 0.25) is 0 Å². The summed E-state index contributed by atoms with van der Waals surface area (Å²) in [6.45, 7) is 5.41. The van der Waals surface area contributed by atoms with Gasteiger partial charge in [0.1, 0.15) is 11.9 Å². The average molecular weight is 293 g/mol. The lowest BCUT2D eigenvalue weighted by Crippen LogP contribution is -2.41. The van der Waals surface area contributed by atoms with Gasteiger partial charge >= 0.3 is 5.97 Å². The Morgan fingerprint density at radius 1 is 1.55 bits per heavy atom. The summed E-state index contributed by atoms with van der Waals surface area (Å²) in [5.41, 5.74) is 0. The number of hydrogen-bond acceptors (Lipinski definition) is 5. The van der Waals surface area contributed by atoms with Crippen molar-refractivity contribution in [2.45, 2.75) is 26.4 Å². The van der Waals surface area contributed by atoms with Crippen molar-refractivity contribution in [1.82, 2.24) is 14.9 Å². The first-order chi connectivity index (χ1) is 9.76. The number of rotatable bonds is 7. The Bertz CT molecular complexity index is 536. The van der Waals surface area contributed by atoms with Gasteiger partial charge in [0.15, 0.2) is 0 Å². The van der Waals surface area contributed by atoms with Crippen molar-refractivity contribution in [1.29, 1.82) is 0 Å². The first kappa shape index (κ1) is 14.7. The maximum absolute atomic E-state index is 11.9. The number of likely N-dealkylation sites (N-methyl/N-ethyl adjacent to an activating group) is 1. The van der Waals surface area contributed by atoms with Crippen LogP contribution in [0.3, 0.4) is 0 Å².